The standard InChI is InChI=1S/C15H13ClN2O2/c1-19-14-3-2-11(8-16)7-15(14)20-10-12-4-5-18-13(6-12)9-17/h2-7H,8,10H2,1H3. The third kappa shape index (κ3) is 3.40. The van der Waals surface area contributed by atoms with Gasteiger partial charge in [-0.25, -0.2) is 4.98 Å². The number of pyridine rings is 1. The van der Waals surface area contributed by atoms with Gasteiger partial charge in [-0.05, 0) is 35.4 Å². The van der Waals surface area contributed by atoms with Crippen LogP contribution in [0.25, 0.3) is 0 Å². The van der Waals surface area contributed by atoms with Crippen LogP contribution in [-0.4, -0.2) is 12.1 Å². The van der Waals surface area contributed by atoms with Crippen LogP contribution < -0.4 is 9.47 Å². The van der Waals surface area contributed by atoms with E-state index in [0.29, 0.717) is 29.7 Å². The fourth-order valence-electron chi connectivity index (χ4n) is 1.70. The fourth-order valence-corrected chi connectivity index (χ4v) is 1.87. The molecule has 102 valence electrons. The van der Waals surface area contributed by atoms with Gasteiger partial charge in [0, 0.05) is 12.1 Å². The van der Waals surface area contributed by atoms with Gasteiger partial charge in [0.25, 0.3) is 0 Å². The molecule has 0 saturated carbocycles. The molecule has 4 nitrogen and oxygen atoms in total. The predicted octanol–water partition coefficient (Wildman–Crippen LogP) is 3.28. The predicted molar refractivity (Wildman–Crippen MR) is 75.8 cm³/mol. The molecule has 0 aliphatic heterocycles. The van der Waals surface area contributed by atoms with Crippen LogP contribution in [0.5, 0.6) is 11.5 Å². The van der Waals surface area contributed by atoms with Crippen LogP contribution in [0, 0.1) is 11.3 Å². The maximum atomic E-state index is 8.81. The Kier molecular flexibility index (Phi) is 4.80. The van der Waals surface area contributed by atoms with Crippen molar-refractivity contribution in [3.05, 3.63) is 53.3 Å². The van der Waals surface area contributed by atoms with Crippen LogP contribution in [0.15, 0.2) is 36.5 Å². The van der Waals surface area contributed by atoms with E-state index >= 15 is 0 Å². The molecule has 0 bridgehead atoms. The number of nitrogens with zero attached hydrogens (tertiary/aromatic N) is 2. The lowest BCUT2D eigenvalue weighted by Gasteiger charge is -2.11. The molecule has 0 atom stereocenters. The summed E-state index contributed by atoms with van der Waals surface area (Å²) in [6.07, 6.45) is 1.59. The van der Waals surface area contributed by atoms with Crippen molar-refractivity contribution in [1.29, 1.82) is 5.26 Å². The topological polar surface area (TPSA) is 55.1 Å². The van der Waals surface area contributed by atoms with Gasteiger partial charge in [-0.15, -0.1) is 11.6 Å². The Balaban J connectivity index is 2.15. The van der Waals surface area contributed by atoms with Crippen LogP contribution in [-0.2, 0) is 12.5 Å². The van der Waals surface area contributed by atoms with Gasteiger partial charge in [0.1, 0.15) is 18.4 Å². The highest BCUT2D eigenvalue weighted by Crippen LogP contribution is 2.29. The van der Waals surface area contributed by atoms with Crippen LogP contribution in [0.4, 0.5) is 0 Å². The van der Waals surface area contributed by atoms with Gasteiger partial charge in [-0.2, -0.15) is 5.26 Å². The lowest BCUT2D eigenvalue weighted by Crippen LogP contribution is -1.99. The molecule has 0 amide bonds. The second kappa shape index (κ2) is 6.78. The lowest BCUT2D eigenvalue weighted by molar-refractivity contribution is 0.284. The number of aromatic nitrogens is 1. The average molecular weight is 289 g/mol. The van der Waals surface area contributed by atoms with Crippen molar-refractivity contribution < 1.29 is 9.47 Å². The molecule has 0 fully saturated rings. The Hall–Kier alpha value is -2.25. The zero-order valence-corrected chi connectivity index (χ0v) is 11.7. The number of ether oxygens (including phenoxy) is 2. The molecule has 0 unspecified atom stereocenters. The zero-order chi connectivity index (χ0) is 14.4. The first kappa shape index (κ1) is 14.2. The summed E-state index contributed by atoms with van der Waals surface area (Å²) in [7, 11) is 1.59. The van der Waals surface area contributed by atoms with Gasteiger partial charge in [0.15, 0.2) is 11.5 Å². The lowest BCUT2D eigenvalue weighted by atomic mass is 10.2. The highest BCUT2D eigenvalue weighted by atomic mass is 35.5. The molecular formula is C15H13ClN2O2. The molecule has 1 heterocycles. The van der Waals surface area contributed by atoms with E-state index in [1.807, 2.05) is 24.3 Å². The van der Waals surface area contributed by atoms with Gasteiger partial charge < -0.3 is 9.47 Å². The Morgan fingerprint density at radius 3 is 2.75 bits per heavy atom. The quantitative estimate of drug-likeness (QED) is 0.792. The van der Waals surface area contributed by atoms with Gasteiger partial charge in [0.2, 0.25) is 0 Å². The Bertz CT molecular complexity index is 638. The summed E-state index contributed by atoms with van der Waals surface area (Å²) in [6.45, 7) is 0.333. The smallest absolute Gasteiger partial charge is 0.161 e. The highest BCUT2D eigenvalue weighted by Gasteiger charge is 2.06. The highest BCUT2D eigenvalue weighted by molar-refractivity contribution is 6.17. The Morgan fingerprint density at radius 2 is 2.05 bits per heavy atom. The van der Waals surface area contributed by atoms with E-state index in [9.17, 15) is 0 Å². The van der Waals surface area contributed by atoms with Crippen molar-refractivity contribution >= 4 is 11.6 Å². The number of methoxy groups -OCH3 is 1. The molecule has 1 aromatic heterocycles. The molecule has 2 rings (SSSR count). The van der Waals surface area contributed by atoms with E-state index in [4.69, 9.17) is 26.3 Å². The second-order valence-electron chi connectivity index (χ2n) is 4.07. The first-order valence-corrected chi connectivity index (χ1v) is 6.51. The van der Waals surface area contributed by atoms with E-state index in [1.165, 1.54) is 0 Å². The van der Waals surface area contributed by atoms with Crippen LogP contribution >= 0.6 is 11.6 Å². The number of alkyl halides is 1. The van der Waals surface area contributed by atoms with Gasteiger partial charge in [0.05, 0.1) is 7.11 Å². The molecule has 2 aromatic rings. The summed E-state index contributed by atoms with van der Waals surface area (Å²) in [6, 6.07) is 11.0. The molecule has 0 spiro atoms. The minimum absolute atomic E-state index is 0.333. The molecular weight excluding hydrogens is 276 g/mol. The Labute approximate surface area is 122 Å². The van der Waals surface area contributed by atoms with Crippen molar-refractivity contribution in [1.82, 2.24) is 4.98 Å². The SMILES string of the molecule is COc1ccc(CCl)cc1OCc1ccnc(C#N)c1. The summed E-state index contributed by atoms with van der Waals surface area (Å²) in [5.74, 6) is 1.68. The van der Waals surface area contributed by atoms with E-state index < -0.39 is 0 Å². The van der Waals surface area contributed by atoms with E-state index in [-0.39, 0.29) is 0 Å². The average Bonchev–Trinajstić information content (AvgIpc) is 2.52. The van der Waals surface area contributed by atoms with Crippen molar-refractivity contribution in [2.45, 2.75) is 12.5 Å². The maximum Gasteiger partial charge on any atom is 0.161 e. The number of hydrogen-bond donors (Lipinski definition) is 0. The Morgan fingerprint density at radius 1 is 1.20 bits per heavy atom. The summed E-state index contributed by atoms with van der Waals surface area (Å²) < 4.78 is 11.0. The molecule has 5 heteroatoms. The van der Waals surface area contributed by atoms with E-state index in [0.717, 1.165) is 11.1 Å². The maximum absolute atomic E-state index is 8.81. The van der Waals surface area contributed by atoms with Crippen molar-refractivity contribution in [2.75, 3.05) is 7.11 Å². The number of halogens is 1. The summed E-state index contributed by atoms with van der Waals surface area (Å²) in [4.78, 5) is 3.92. The molecule has 0 radical (unpaired) electrons. The van der Waals surface area contributed by atoms with Gasteiger partial charge in [-0.3, -0.25) is 0 Å². The molecule has 0 N–H and O–H groups in total. The van der Waals surface area contributed by atoms with Crippen molar-refractivity contribution in [2.24, 2.45) is 0 Å². The minimum atomic E-state index is 0.333. The zero-order valence-electron chi connectivity index (χ0n) is 11.0. The minimum Gasteiger partial charge on any atom is -0.493 e. The number of nitriles is 1. The second-order valence-corrected chi connectivity index (χ2v) is 4.34. The fraction of sp³-hybridized carbons (Fsp3) is 0.200. The molecule has 0 aliphatic carbocycles. The van der Waals surface area contributed by atoms with Crippen molar-refractivity contribution in [3.63, 3.8) is 0 Å². The number of rotatable bonds is 5. The molecule has 0 aliphatic rings. The van der Waals surface area contributed by atoms with Gasteiger partial charge in [-0.1, -0.05) is 6.07 Å². The third-order valence-electron chi connectivity index (χ3n) is 2.72. The van der Waals surface area contributed by atoms with Crippen LogP contribution in [0.3, 0.4) is 0 Å². The molecule has 20 heavy (non-hydrogen) atoms. The molecule has 0 saturated heterocycles. The van der Waals surface area contributed by atoms with E-state index in [2.05, 4.69) is 4.98 Å². The summed E-state index contributed by atoms with van der Waals surface area (Å²) in [5.41, 5.74) is 2.19. The monoisotopic (exact) mass is 288 g/mol. The van der Waals surface area contributed by atoms with Gasteiger partial charge >= 0.3 is 0 Å². The number of hydrogen-bond acceptors (Lipinski definition) is 4. The summed E-state index contributed by atoms with van der Waals surface area (Å²) >= 11 is 5.81. The first-order chi connectivity index (χ1) is 9.76. The molecule has 1 aromatic carbocycles. The van der Waals surface area contributed by atoms with Crippen LogP contribution in [0.2, 0.25) is 0 Å². The van der Waals surface area contributed by atoms with Crippen LogP contribution in [0.1, 0.15) is 16.8 Å². The first-order valence-electron chi connectivity index (χ1n) is 5.97. The summed E-state index contributed by atoms with van der Waals surface area (Å²) in [5, 5.41) is 8.81. The van der Waals surface area contributed by atoms with E-state index in [1.54, 1.807) is 25.4 Å². The van der Waals surface area contributed by atoms with Crippen molar-refractivity contribution in [3.8, 4) is 17.6 Å². The third-order valence-corrected chi connectivity index (χ3v) is 3.02. The number of benzene rings is 1. The normalized spacial score (nSPS) is 9.85. The largest absolute Gasteiger partial charge is 0.493 e.